The minimum Gasteiger partial charge on any atom is -0.494 e. The number of nitrogens with zero attached hydrogens (tertiary/aromatic N) is 1. The van der Waals surface area contributed by atoms with E-state index in [4.69, 9.17) is 14.2 Å². The first kappa shape index (κ1) is 23.7. The van der Waals surface area contributed by atoms with Crippen LogP contribution >= 0.6 is 0 Å². The lowest BCUT2D eigenvalue weighted by molar-refractivity contribution is -0.0747. The minimum atomic E-state index is -0.315. The molecule has 2 atom stereocenters. The second kappa shape index (κ2) is 10.0. The van der Waals surface area contributed by atoms with E-state index in [9.17, 15) is 9.59 Å². The van der Waals surface area contributed by atoms with Crippen molar-refractivity contribution in [3.8, 4) is 16.9 Å². The van der Waals surface area contributed by atoms with Crippen LogP contribution in [0.25, 0.3) is 11.1 Å². The summed E-state index contributed by atoms with van der Waals surface area (Å²) in [6.07, 6.45) is 0.820. The number of morpholine rings is 1. The average Bonchev–Trinajstić information content (AvgIpc) is 3.24. The number of piperidine rings is 1. The molecule has 6 nitrogen and oxygen atoms in total. The number of fused-ring (bicyclic) bond motifs is 5. The maximum Gasteiger partial charge on any atom is 0.410 e. The number of amides is 1. The lowest BCUT2D eigenvalue weighted by Crippen LogP contribution is -2.60. The van der Waals surface area contributed by atoms with Crippen molar-refractivity contribution in [3.05, 3.63) is 89.5 Å². The van der Waals surface area contributed by atoms with Gasteiger partial charge >= 0.3 is 6.09 Å². The van der Waals surface area contributed by atoms with Crippen LogP contribution in [0.2, 0.25) is 0 Å². The Hall–Kier alpha value is -3.64. The standard InChI is InChI=1S/C31H31NO5/c1-2-36-24-9-7-8-20(16-24)30(33)21-14-22-17-35-18-23(15-21)32(22)31(34)37-19-29-27-12-5-3-10-25(27)26-11-4-6-13-28(26)29/h3-13,16,21-23,29H,2,14-15,17-19H2,1H3. The molecule has 2 saturated heterocycles. The van der Waals surface area contributed by atoms with Crippen molar-refractivity contribution in [1.29, 1.82) is 0 Å². The summed E-state index contributed by atoms with van der Waals surface area (Å²) in [6.45, 7) is 3.61. The fourth-order valence-electron chi connectivity index (χ4n) is 6.24. The maximum absolute atomic E-state index is 13.4. The minimum absolute atomic E-state index is 0.0178. The highest BCUT2D eigenvalue weighted by Crippen LogP contribution is 2.44. The molecule has 3 aromatic carbocycles. The Morgan fingerprint density at radius 3 is 2.19 bits per heavy atom. The summed E-state index contributed by atoms with van der Waals surface area (Å²) in [5.41, 5.74) is 5.45. The summed E-state index contributed by atoms with van der Waals surface area (Å²) in [7, 11) is 0. The van der Waals surface area contributed by atoms with E-state index in [1.54, 1.807) is 0 Å². The van der Waals surface area contributed by atoms with E-state index in [1.165, 1.54) is 22.3 Å². The van der Waals surface area contributed by atoms with Crippen molar-refractivity contribution < 1.29 is 23.8 Å². The van der Waals surface area contributed by atoms with Gasteiger partial charge in [0.15, 0.2) is 5.78 Å². The number of Topliss-reactive ketones (excluding diaryl/α,β-unsaturated/α-hetero) is 1. The van der Waals surface area contributed by atoms with Gasteiger partial charge in [-0.3, -0.25) is 9.69 Å². The molecule has 1 aliphatic carbocycles. The zero-order valence-corrected chi connectivity index (χ0v) is 21.0. The van der Waals surface area contributed by atoms with Crippen LogP contribution in [0.3, 0.4) is 0 Å². The lowest BCUT2D eigenvalue weighted by atomic mass is 9.81. The summed E-state index contributed by atoms with van der Waals surface area (Å²) in [5, 5.41) is 0. The van der Waals surface area contributed by atoms with E-state index in [2.05, 4.69) is 24.3 Å². The van der Waals surface area contributed by atoms with Crippen LogP contribution < -0.4 is 4.74 Å². The molecule has 190 valence electrons. The van der Waals surface area contributed by atoms with Crippen LogP contribution in [-0.4, -0.2) is 55.3 Å². The van der Waals surface area contributed by atoms with Gasteiger partial charge in [-0.05, 0) is 54.2 Å². The van der Waals surface area contributed by atoms with E-state index in [0.717, 1.165) is 0 Å². The van der Waals surface area contributed by atoms with Gasteiger partial charge in [-0.1, -0.05) is 60.7 Å². The third kappa shape index (κ3) is 4.40. The molecule has 2 unspecified atom stereocenters. The van der Waals surface area contributed by atoms with Crippen molar-refractivity contribution >= 4 is 11.9 Å². The number of hydrogen-bond acceptors (Lipinski definition) is 5. The van der Waals surface area contributed by atoms with Crippen molar-refractivity contribution in [2.24, 2.45) is 5.92 Å². The van der Waals surface area contributed by atoms with Gasteiger partial charge in [-0.15, -0.1) is 0 Å². The second-order valence-corrected chi connectivity index (χ2v) is 10.0. The molecule has 0 aromatic heterocycles. The molecule has 6 rings (SSSR count). The highest BCUT2D eigenvalue weighted by atomic mass is 16.6. The van der Waals surface area contributed by atoms with Gasteiger partial charge in [0.2, 0.25) is 0 Å². The Balaban J connectivity index is 1.15. The van der Waals surface area contributed by atoms with Gasteiger partial charge in [0.1, 0.15) is 12.4 Å². The van der Waals surface area contributed by atoms with E-state index in [0.29, 0.717) is 44.0 Å². The van der Waals surface area contributed by atoms with Gasteiger partial charge in [-0.25, -0.2) is 4.79 Å². The fourth-order valence-corrected chi connectivity index (χ4v) is 6.24. The van der Waals surface area contributed by atoms with Crippen molar-refractivity contribution in [2.45, 2.75) is 37.8 Å². The first-order chi connectivity index (χ1) is 18.1. The monoisotopic (exact) mass is 497 g/mol. The predicted molar refractivity (Wildman–Crippen MR) is 140 cm³/mol. The molecule has 2 bridgehead atoms. The second-order valence-electron chi connectivity index (χ2n) is 10.0. The zero-order chi connectivity index (χ0) is 25.4. The number of ether oxygens (including phenoxy) is 3. The molecule has 3 aromatic rings. The van der Waals surface area contributed by atoms with Gasteiger partial charge in [-0.2, -0.15) is 0 Å². The SMILES string of the molecule is CCOc1cccc(C(=O)C2CC3COCC(C2)N3C(=O)OCC2c3ccccc3-c3ccccc32)c1. The Labute approximate surface area is 217 Å². The molecule has 2 fully saturated rings. The Bertz CT molecular complexity index is 1260. The normalized spacial score (nSPS) is 22.2. The summed E-state index contributed by atoms with van der Waals surface area (Å²) < 4.78 is 17.3. The summed E-state index contributed by atoms with van der Waals surface area (Å²) >= 11 is 0. The topological polar surface area (TPSA) is 65.1 Å². The molecule has 2 heterocycles. The van der Waals surface area contributed by atoms with Crippen molar-refractivity contribution in [1.82, 2.24) is 4.90 Å². The van der Waals surface area contributed by atoms with Gasteiger partial charge in [0, 0.05) is 17.4 Å². The molecule has 1 amide bonds. The molecule has 0 saturated carbocycles. The fraction of sp³-hybridized carbons (Fsp3) is 0.355. The first-order valence-electron chi connectivity index (χ1n) is 13.1. The predicted octanol–water partition coefficient (Wildman–Crippen LogP) is 5.70. The van der Waals surface area contributed by atoms with Crippen LogP contribution in [0.1, 0.15) is 47.2 Å². The van der Waals surface area contributed by atoms with Gasteiger partial charge < -0.3 is 14.2 Å². The van der Waals surface area contributed by atoms with E-state index in [-0.39, 0.29) is 42.4 Å². The van der Waals surface area contributed by atoms with E-state index < -0.39 is 0 Å². The first-order valence-corrected chi connectivity index (χ1v) is 13.1. The highest BCUT2D eigenvalue weighted by Gasteiger charge is 2.45. The van der Waals surface area contributed by atoms with Gasteiger partial charge in [0.25, 0.3) is 0 Å². The molecule has 0 radical (unpaired) electrons. The Morgan fingerprint density at radius 1 is 0.892 bits per heavy atom. The average molecular weight is 498 g/mol. The Morgan fingerprint density at radius 2 is 1.54 bits per heavy atom. The molecule has 37 heavy (non-hydrogen) atoms. The van der Waals surface area contributed by atoms with Crippen molar-refractivity contribution in [2.75, 3.05) is 26.4 Å². The zero-order valence-electron chi connectivity index (χ0n) is 21.0. The summed E-state index contributed by atoms with van der Waals surface area (Å²) in [6, 6.07) is 23.7. The highest BCUT2D eigenvalue weighted by molar-refractivity contribution is 5.98. The van der Waals surface area contributed by atoms with E-state index in [1.807, 2.05) is 60.4 Å². The van der Waals surface area contributed by atoms with Crippen LogP contribution in [0.15, 0.2) is 72.8 Å². The number of carbonyl (C=O) groups excluding carboxylic acids is 2. The van der Waals surface area contributed by atoms with Crippen LogP contribution in [0.5, 0.6) is 5.75 Å². The molecule has 3 aliphatic rings. The molecule has 0 N–H and O–H groups in total. The van der Waals surface area contributed by atoms with Crippen LogP contribution in [-0.2, 0) is 9.47 Å². The van der Waals surface area contributed by atoms with Gasteiger partial charge in [0.05, 0.1) is 31.9 Å². The maximum atomic E-state index is 13.4. The number of rotatable bonds is 6. The number of hydrogen-bond donors (Lipinski definition) is 0. The van der Waals surface area contributed by atoms with Crippen molar-refractivity contribution in [3.63, 3.8) is 0 Å². The smallest absolute Gasteiger partial charge is 0.410 e. The molecular weight excluding hydrogens is 466 g/mol. The quantitative estimate of drug-likeness (QED) is 0.409. The number of benzene rings is 3. The van der Waals surface area contributed by atoms with Crippen LogP contribution in [0, 0.1) is 5.92 Å². The summed E-state index contributed by atoms with van der Waals surface area (Å²) in [5.74, 6) is 0.663. The number of ketones is 1. The lowest BCUT2D eigenvalue weighted by Gasteiger charge is -2.47. The molecular formula is C31H31NO5. The summed E-state index contributed by atoms with van der Waals surface area (Å²) in [4.78, 5) is 28.6. The third-order valence-electron chi connectivity index (χ3n) is 7.87. The number of carbonyl (C=O) groups is 2. The Kier molecular flexibility index (Phi) is 6.43. The largest absolute Gasteiger partial charge is 0.494 e. The molecule has 2 aliphatic heterocycles. The van der Waals surface area contributed by atoms with E-state index >= 15 is 0 Å². The van der Waals surface area contributed by atoms with Crippen LogP contribution in [0.4, 0.5) is 4.79 Å². The molecule has 6 heteroatoms. The molecule has 0 spiro atoms. The third-order valence-corrected chi connectivity index (χ3v) is 7.87.